The molecule has 1 atom stereocenters. The normalized spacial score (nSPS) is 14.1. The lowest BCUT2D eigenvalue weighted by molar-refractivity contribution is 0.0697. The summed E-state index contributed by atoms with van der Waals surface area (Å²) in [5.74, 6) is 0.716. The van der Waals surface area contributed by atoms with E-state index in [4.69, 9.17) is 13.3 Å². The van der Waals surface area contributed by atoms with Crippen LogP contribution < -0.4 is 0 Å². The average Bonchev–Trinajstić information content (AvgIpc) is 2.27. The van der Waals surface area contributed by atoms with E-state index >= 15 is 0 Å². The minimum Gasteiger partial charge on any atom is -0.374 e. The van der Waals surface area contributed by atoms with Crippen LogP contribution >= 0.6 is 0 Å². The Morgan fingerprint density at radius 3 is 1.62 bits per heavy atom. The summed E-state index contributed by atoms with van der Waals surface area (Å²) in [6, 6.07) is 0.942. The highest BCUT2D eigenvalue weighted by Gasteiger charge is 2.39. The quantitative estimate of drug-likeness (QED) is 0.554. The first-order chi connectivity index (χ1) is 7.64. The summed E-state index contributed by atoms with van der Waals surface area (Å²) >= 11 is 0. The molecule has 4 heteroatoms. The van der Waals surface area contributed by atoms with E-state index in [1.54, 1.807) is 0 Å². The van der Waals surface area contributed by atoms with Gasteiger partial charge in [-0.1, -0.05) is 20.3 Å². The Morgan fingerprint density at radius 2 is 1.31 bits per heavy atom. The first-order valence-corrected chi connectivity index (χ1v) is 8.49. The lowest BCUT2D eigenvalue weighted by Crippen LogP contribution is -2.46. The number of hydrogen-bond donors (Lipinski definition) is 0. The lowest BCUT2D eigenvalue weighted by Gasteiger charge is -2.29. The summed E-state index contributed by atoms with van der Waals surface area (Å²) in [5.41, 5.74) is 0. The van der Waals surface area contributed by atoms with E-state index < -0.39 is 8.80 Å². The van der Waals surface area contributed by atoms with Crippen LogP contribution in [0.15, 0.2) is 0 Å². The van der Waals surface area contributed by atoms with Crippen molar-refractivity contribution in [1.29, 1.82) is 0 Å². The van der Waals surface area contributed by atoms with Crippen LogP contribution in [0, 0.1) is 5.92 Å². The van der Waals surface area contributed by atoms with Gasteiger partial charge in [0.05, 0.1) is 0 Å². The maximum atomic E-state index is 5.80. The molecule has 0 heterocycles. The molecule has 0 aliphatic carbocycles. The number of rotatable bonds is 10. The van der Waals surface area contributed by atoms with Gasteiger partial charge in [0.1, 0.15) is 0 Å². The molecule has 0 spiro atoms. The summed E-state index contributed by atoms with van der Waals surface area (Å²) in [6.07, 6.45) is 2.33. The molecule has 0 amide bonds. The SMILES string of the molecule is CCO[Si](CCC(C)CC)(OCC)OCC. The molecule has 0 bridgehead atoms. The van der Waals surface area contributed by atoms with Crippen molar-refractivity contribution in [2.24, 2.45) is 5.92 Å². The first-order valence-electron chi connectivity index (χ1n) is 6.55. The summed E-state index contributed by atoms with van der Waals surface area (Å²) in [4.78, 5) is 0. The molecule has 3 nitrogen and oxygen atoms in total. The van der Waals surface area contributed by atoms with Gasteiger partial charge in [0.2, 0.25) is 0 Å². The van der Waals surface area contributed by atoms with Gasteiger partial charge in [-0.15, -0.1) is 0 Å². The van der Waals surface area contributed by atoms with Crippen LogP contribution in [0.4, 0.5) is 0 Å². The minimum absolute atomic E-state index is 0.673. The Kier molecular flexibility index (Phi) is 9.22. The van der Waals surface area contributed by atoms with Gasteiger partial charge >= 0.3 is 8.80 Å². The molecule has 0 rings (SSSR count). The highest BCUT2D eigenvalue weighted by molar-refractivity contribution is 6.60. The molecule has 98 valence electrons. The highest BCUT2D eigenvalue weighted by Crippen LogP contribution is 2.22. The van der Waals surface area contributed by atoms with Crippen LogP contribution in [-0.4, -0.2) is 28.6 Å². The zero-order valence-electron chi connectivity index (χ0n) is 11.5. The zero-order valence-corrected chi connectivity index (χ0v) is 12.5. The molecule has 0 aliphatic heterocycles. The van der Waals surface area contributed by atoms with Crippen LogP contribution in [0.25, 0.3) is 0 Å². The lowest BCUT2D eigenvalue weighted by atomic mass is 10.1. The van der Waals surface area contributed by atoms with Gasteiger partial charge in [-0.25, -0.2) is 0 Å². The van der Waals surface area contributed by atoms with Gasteiger partial charge in [0, 0.05) is 25.9 Å². The molecule has 0 radical (unpaired) electrons. The molecule has 0 aromatic carbocycles. The van der Waals surface area contributed by atoms with E-state index in [9.17, 15) is 0 Å². The molecular weight excluding hydrogens is 220 g/mol. The fourth-order valence-corrected chi connectivity index (χ4v) is 4.48. The topological polar surface area (TPSA) is 27.7 Å². The predicted octanol–water partition coefficient (Wildman–Crippen LogP) is 3.47. The fraction of sp³-hybridized carbons (Fsp3) is 1.00. The standard InChI is InChI=1S/C12H28O3Si/c1-6-12(5)10-11-16(13-7-2,14-8-3)15-9-4/h12H,6-11H2,1-5H3. The van der Waals surface area contributed by atoms with Gasteiger partial charge in [-0.05, 0) is 33.1 Å². The van der Waals surface area contributed by atoms with Crippen molar-refractivity contribution in [3.63, 3.8) is 0 Å². The fourth-order valence-electron chi connectivity index (χ4n) is 1.63. The van der Waals surface area contributed by atoms with Gasteiger partial charge in [-0.2, -0.15) is 0 Å². The minimum atomic E-state index is -2.37. The van der Waals surface area contributed by atoms with Gasteiger partial charge in [0.25, 0.3) is 0 Å². The molecular formula is C12H28O3Si. The maximum absolute atomic E-state index is 5.80. The summed E-state index contributed by atoms with van der Waals surface area (Å²) < 4.78 is 17.4. The van der Waals surface area contributed by atoms with Crippen molar-refractivity contribution in [3.05, 3.63) is 0 Å². The molecule has 0 saturated carbocycles. The third kappa shape index (κ3) is 5.99. The molecule has 0 saturated heterocycles. The van der Waals surface area contributed by atoms with E-state index in [1.165, 1.54) is 6.42 Å². The van der Waals surface area contributed by atoms with Crippen LogP contribution in [0.5, 0.6) is 0 Å². The van der Waals surface area contributed by atoms with Crippen molar-refractivity contribution >= 4 is 8.80 Å². The Labute approximate surface area is 102 Å². The number of hydrogen-bond acceptors (Lipinski definition) is 3. The van der Waals surface area contributed by atoms with E-state index in [1.807, 2.05) is 20.8 Å². The summed E-state index contributed by atoms with van der Waals surface area (Å²) in [5, 5.41) is 0. The van der Waals surface area contributed by atoms with Gasteiger partial charge in [0.15, 0.2) is 0 Å². The van der Waals surface area contributed by atoms with E-state index in [0.717, 1.165) is 12.5 Å². The Morgan fingerprint density at radius 1 is 0.875 bits per heavy atom. The van der Waals surface area contributed by atoms with Crippen LogP contribution in [0.1, 0.15) is 47.5 Å². The third-order valence-corrected chi connectivity index (χ3v) is 5.82. The second kappa shape index (κ2) is 9.16. The van der Waals surface area contributed by atoms with Crippen LogP contribution in [0.2, 0.25) is 6.04 Å². The monoisotopic (exact) mass is 248 g/mol. The van der Waals surface area contributed by atoms with Gasteiger partial charge < -0.3 is 13.3 Å². The Balaban J connectivity index is 4.34. The third-order valence-electron chi connectivity index (χ3n) is 2.73. The molecule has 0 N–H and O–H groups in total. The average molecular weight is 248 g/mol. The second-order valence-electron chi connectivity index (χ2n) is 4.03. The zero-order chi connectivity index (χ0) is 12.4. The van der Waals surface area contributed by atoms with E-state index in [-0.39, 0.29) is 0 Å². The van der Waals surface area contributed by atoms with Crippen molar-refractivity contribution < 1.29 is 13.3 Å². The van der Waals surface area contributed by atoms with Crippen molar-refractivity contribution in [1.82, 2.24) is 0 Å². The van der Waals surface area contributed by atoms with Crippen molar-refractivity contribution in [2.45, 2.75) is 53.5 Å². The van der Waals surface area contributed by atoms with Gasteiger partial charge in [-0.3, -0.25) is 0 Å². The predicted molar refractivity (Wildman–Crippen MR) is 69.5 cm³/mol. The van der Waals surface area contributed by atoms with Crippen molar-refractivity contribution in [2.75, 3.05) is 19.8 Å². The molecule has 0 aromatic rings. The molecule has 0 aromatic heterocycles. The smallest absolute Gasteiger partial charge is 0.374 e. The van der Waals surface area contributed by atoms with Crippen molar-refractivity contribution in [3.8, 4) is 0 Å². The van der Waals surface area contributed by atoms with E-state index in [2.05, 4.69) is 13.8 Å². The van der Waals surface area contributed by atoms with E-state index in [0.29, 0.717) is 25.7 Å². The molecule has 0 fully saturated rings. The van der Waals surface area contributed by atoms with Crippen LogP contribution in [-0.2, 0) is 13.3 Å². The molecule has 0 aliphatic rings. The largest absolute Gasteiger partial charge is 0.500 e. The maximum Gasteiger partial charge on any atom is 0.500 e. The Bertz CT molecular complexity index is 147. The Hall–Kier alpha value is 0.0969. The summed E-state index contributed by atoms with van der Waals surface area (Å²) in [7, 11) is -2.37. The molecule has 1 unspecified atom stereocenters. The first kappa shape index (κ1) is 16.1. The van der Waals surface area contributed by atoms with Crippen LogP contribution in [0.3, 0.4) is 0 Å². The highest BCUT2D eigenvalue weighted by atomic mass is 28.4. The molecule has 16 heavy (non-hydrogen) atoms. The summed E-state index contributed by atoms with van der Waals surface area (Å²) in [6.45, 7) is 12.5. The second-order valence-corrected chi connectivity index (χ2v) is 6.77.